The number of esters is 1. The number of alkyl carbamates (subject to hydrolysis) is 1. The Bertz CT molecular complexity index is 1880. The summed E-state index contributed by atoms with van der Waals surface area (Å²) < 4.78 is 43.0. The minimum Gasteiger partial charge on any atom is -0.451 e. The molecule has 0 aliphatic heterocycles. The Labute approximate surface area is 274 Å². The predicted octanol–water partition coefficient (Wildman–Crippen LogP) is 6.94. The molecule has 1 N–H and O–H groups in total. The van der Waals surface area contributed by atoms with Crippen LogP contribution in [0, 0.1) is 6.92 Å². The molecule has 0 saturated carbocycles. The fraction of sp³-hybridized carbons (Fsp3) is 0.158. The molecule has 5 aromatic rings. The van der Waals surface area contributed by atoms with E-state index in [9.17, 15) is 18.0 Å². The Hall–Kier alpha value is -5.25. The number of carbonyl (C=O) groups is 2. The first-order valence-corrected chi connectivity index (χ1v) is 16.6. The van der Waals surface area contributed by atoms with Crippen LogP contribution in [0.5, 0.6) is 0 Å². The number of benzene rings is 5. The fourth-order valence-electron chi connectivity index (χ4n) is 5.66. The van der Waals surface area contributed by atoms with Crippen molar-refractivity contribution in [3.05, 3.63) is 161 Å². The van der Waals surface area contributed by atoms with Crippen molar-refractivity contribution in [2.75, 3.05) is 13.2 Å². The van der Waals surface area contributed by atoms with Gasteiger partial charge in [0.1, 0.15) is 6.61 Å². The Balaban J connectivity index is 1.22. The summed E-state index contributed by atoms with van der Waals surface area (Å²) >= 11 is 0. The lowest BCUT2D eigenvalue weighted by Gasteiger charge is -2.23. The number of fused-ring (bicyclic) bond motifs is 3. The summed E-state index contributed by atoms with van der Waals surface area (Å²) in [5, 5.41) is 2.51. The maximum atomic E-state index is 13.8. The van der Waals surface area contributed by atoms with E-state index < -0.39 is 40.9 Å². The van der Waals surface area contributed by atoms with Gasteiger partial charge in [0.15, 0.2) is 12.1 Å². The highest BCUT2D eigenvalue weighted by molar-refractivity contribution is 7.86. The van der Waals surface area contributed by atoms with Crippen molar-refractivity contribution in [3.8, 4) is 11.1 Å². The molecule has 8 nitrogen and oxygen atoms in total. The number of hydrogen-bond acceptors (Lipinski definition) is 7. The largest absolute Gasteiger partial charge is 0.451 e. The molecule has 5 aromatic carbocycles. The maximum Gasteiger partial charge on any atom is 0.407 e. The lowest BCUT2D eigenvalue weighted by molar-refractivity contribution is -0.150. The fourth-order valence-corrected chi connectivity index (χ4v) is 6.58. The number of carbonyl (C=O) groups excluding carboxylic acids is 2. The third-order valence-corrected chi connectivity index (χ3v) is 9.35. The first-order chi connectivity index (χ1) is 22.8. The number of aryl methyl sites for hydroxylation is 1. The summed E-state index contributed by atoms with van der Waals surface area (Å²) in [6.45, 7) is 1.12. The molecule has 47 heavy (non-hydrogen) atoms. The average Bonchev–Trinajstić information content (AvgIpc) is 3.42. The number of hydrogen-bond donors (Lipinski definition) is 1. The molecule has 238 valence electrons. The molecule has 1 amide bonds. The summed E-state index contributed by atoms with van der Waals surface area (Å²) in [6.07, 6.45) is -1.74. The third-order valence-electron chi connectivity index (χ3n) is 8.06. The van der Waals surface area contributed by atoms with Gasteiger partial charge in [-0.2, -0.15) is 8.42 Å². The van der Waals surface area contributed by atoms with Gasteiger partial charge in [-0.05, 0) is 52.4 Å². The molecule has 0 bridgehead atoms. The van der Waals surface area contributed by atoms with Crippen LogP contribution in [0.15, 0.2) is 138 Å². The van der Waals surface area contributed by atoms with Gasteiger partial charge >= 0.3 is 12.1 Å². The zero-order chi connectivity index (χ0) is 32.8. The van der Waals surface area contributed by atoms with Crippen LogP contribution in [0.2, 0.25) is 0 Å². The molecule has 0 radical (unpaired) electrons. The summed E-state index contributed by atoms with van der Waals surface area (Å²) in [5.74, 6) is -1.10. The van der Waals surface area contributed by atoms with Crippen LogP contribution in [0.3, 0.4) is 0 Å². The van der Waals surface area contributed by atoms with Gasteiger partial charge in [-0.15, -0.1) is 0 Å². The molecule has 0 spiro atoms. The quantitative estimate of drug-likeness (QED) is 0.122. The summed E-state index contributed by atoms with van der Waals surface area (Å²) in [5.41, 5.74) is 6.45. The zero-order valence-electron chi connectivity index (χ0n) is 25.6. The normalized spacial score (nSPS) is 13.0. The first kappa shape index (κ1) is 31.7. The highest BCUT2D eigenvalue weighted by atomic mass is 32.2. The van der Waals surface area contributed by atoms with Crippen molar-refractivity contribution in [2.45, 2.75) is 29.9 Å². The molecule has 1 aliphatic rings. The zero-order valence-corrected chi connectivity index (χ0v) is 26.4. The Morgan fingerprint density at radius 1 is 0.702 bits per heavy atom. The van der Waals surface area contributed by atoms with Crippen LogP contribution >= 0.6 is 0 Å². The number of rotatable bonds is 11. The van der Waals surface area contributed by atoms with Crippen LogP contribution in [0.25, 0.3) is 11.1 Å². The van der Waals surface area contributed by atoms with Crippen LogP contribution in [0.4, 0.5) is 4.79 Å². The topological polar surface area (TPSA) is 108 Å². The van der Waals surface area contributed by atoms with Crippen molar-refractivity contribution in [3.63, 3.8) is 0 Å². The monoisotopic (exact) mass is 647 g/mol. The molecule has 0 fully saturated rings. The number of amides is 1. The van der Waals surface area contributed by atoms with Crippen LogP contribution in [-0.2, 0) is 28.6 Å². The maximum absolute atomic E-state index is 13.8. The van der Waals surface area contributed by atoms with Gasteiger partial charge in [0, 0.05) is 5.92 Å². The van der Waals surface area contributed by atoms with Crippen LogP contribution in [0.1, 0.15) is 39.8 Å². The van der Waals surface area contributed by atoms with E-state index in [1.807, 2.05) is 116 Å². The van der Waals surface area contributed by atoms with E-state index in [2.05, 4.69) is 5.32 Å². The van der Waals surface area contributed by atoms with Crippen LogP contribution < -0.4 is 5.32 Å². The van der Waals surface area contributed by atoms with Gasteiger partial charge in [0.2, 0.25) is 0 Å². The molecule has 0 aromatic heterocycles. The lowest BCUT2D eigenvalue weighted by atomic mass is 9.98. The van der Waals surface area contributed by atoms with Crippen LogP contribution in [-0.4, -0.2) is 39.7 Å². The van der Waals surface area contributed by atoms with Crippen molar-refractivity contribution >= 4 is 22.2 Å². The van der Waals surface area contributed by atoms with E-state index in [0.29, 0.717) is 11.1 Å². The Morgan fingerprint density at radius 3 is 1.77 bits per heavy atom. The van der Waals surface area contributed by atoms with E-state index >= 15 is 0 Å². The molecular formula is C38H33NO7S. The molecule has 9 heteroatoms. The summed E-state index contributed by atoms with van der Waals surface area (Å²) in [6, 6.07) is 38.7. The summed E-state index contributed by atoms with van der Waals surface area (Å²) in [4.78, 5) is 26.9. The Kier molecular flexibility index (Phi) is 9.47. The minimum atomic E-state index is -4.27. The highest BCUT2D eigenvalue weighted by Gasteiger charge is 2.32. The van der Waals surface area contributed by atoms with Gasteiger partial charge in [-0.25, -0.2) is 9.59 Å². The second kappa shape index (κ2) is 14.0. The first-order valence-electron chi connectivity index (χ1n) is 15.2. The molecule has 1 aliphatic carbocycles. The lowest BCUT2D eigenvalue weighted by Crippen LogP contribution is -2.46. The van der Waals surface area contributed by atoms with E-state index in [0.717, 1.165) is 27.8 Å². The molecule has 0 unspecified atom stereocenters. The molecule has 0 heterocycles. The van der Waals surface area contributed by atoms with E-state index in [4.69, 9.17) is 13.7 Å². The van der Waals surface area contributed by atoms with Gasteiger partial charge < -0.3 is 14.8 Å². The average molecular weight is 648 g/mol. The molecular weight excluding hydrogens is 614 g/mol. The second-order valence-electron chi connectivity index (χ2n) is 11.2. The van der Waals surface area contributed by atoms with E-state index in [1.54, 1.807) is 12.1 Å². The van der Waals surface area contributed by atoms with E-state index in [-0.39, 0.29) is 17.4 Å². The highest BCUT2D eigenvalue weighted by Crippen LogP contribution is 2.44. The van der Waals surface area contributed by atoms with Gasteiger partial charge in [0.05, 0.1) is 11.5 Å². The molecule has 6 rings (SSSR count). The Morgan fingerprint density at radius 2 is 1.21 bits per heavy atom. The minimum absolute atomic E-state index is 0.000799. The van der Waals surface area contributed by atoms with Crippen molar-refractivity contribution in [1.82, 2.24) is 5.32 Å². The van der Waals surface area contributed by atoms with Gasteiger partial charge in [0.25, 0.3) is 10.1 Å². The predicted molar refractivity (Wildman–Crippen MR) is 177 cm³/mol. The number of ether oxygens (including phenoxy) is 2. The third kappa shape index (κ3) is 7.27. The summed E-state index contributed by atoms with van der Waals surface area (Å²) in [7, 11) is -4.27. The number of nitrogens with one attached hydrogen (secondary N) is 1. The van der Waals surface area contributed by atoms with Crippen molar-refractivity contribution < 1.29 is 31.7 Å². The van der Waals surface area contributed by atoms with Gasteiger partial charge in [-0.3, -0.25) is 4.18 Å². The molecule has 1 atom stereocenters. The smallest absolute Gasteiger partial charge is 0.407 e. The standard InChI is InChI=1S/C38H33NO7S/c1-26-20-22-29(23-21-26)47(42,43)45-25-35(37(40)46-36(27-12-4-2-5-13-27)28-14-6-3-7-15-28)39-38(41)44-24-34-32-18-10-8-16-30(32)31-17-9-11-19-33(31)34/h2-23,34-36H,24-25H2,1H3,(H,39,41)/t35-/m0/s1. The molecule has 0 saturated heterocycles. The SMILES string of the molecule is Cc1ccc(S(=O)(=O)OC[C@H](NC(=O)OCC2c3ccccc3-c3ccccc32)C(=O)OC(c2ccccc2)c2ccccc2)cc1. The van der Waals surface area contributed by atoms with Crippen molar-refractivity contribution in [1.29, 1.82) is 0 Å². The van der Waals surface area contributed by atoms with Crippen molar-refractivity contribution in [2.24, 2.45) is 0 Å². The van der Waals surface area contributed by atoms with Gasteiger partial charge in [-0.1, -0.05) is 127 Å². The van der Waals surface area contributed by atoms with E-state index in [1.165, 1.54) is 12.1 Å². The second-order valence-corrected chi connectivity index (χ2v) is 12.8.